The van der Waals surface area contributed by atoms with E-state index in [1.165, 1.54) is 0 Å². The van der Waals surface area contributed by atoms with Crippen LogP contribution < -0.4 is 0 Å². The molecule has 0 saturated carbocycles. The fourth-order valence-electron chi connectivity index (χ4n) is 0.825. The van der Waals surface area contributed by atoms with Crippen molar-refractivity contribution in [2.45, 2.75) is 13.1 Å². The van der Waals surface area contributed by atoms with Gasteiger partial charge in [0.1, 0.15) is 0 Å². The minimum Gasteiger partial charge on any atom is -0.417 e. The van der Waals surface area contributed by atoms with Crippen LogP contribution in [0.15, 0.2) is 11.4 Å². The molecule has 0 aromatic carbocycles. The zero-order valence-electron chi connectivity index (χ0n) is 9.79. The lowest BCUT2D eigenvalue weighted by atomic mass is 11.2. The fraction of sp³-hybridized carbons (Fsp3) is 0.750. The molecule has 0 radical (unpaired) electrons. The summed E-state index contributed by atoms with van der Waals surface area (Å²) >= 11 is 0. The molecule has 0 aliphatic carbocycles. The molecule has 0 N–H and O–H groups in total. The van der Waals surface area contributed by atoms with E-state index in [9.17, 15) is 0 Å². The molecule has 0 aromatic rings. The highest BCUT2D eigenvalue weighted by molar-refractivity contribution is 6.78. The third-order valence-electron chi connectivity index (χ3n) is 2.07. The molecule has 0 atom stereocenters. The van der Waals surface area contributed by atoms with Crippen LogP contribution in [0.2, 0.25) is 13.1 Å². The van der Waals surface area contributed by atoms with Gasteiger partial charge in [0, 0.05) is 28.4 Å². The maximum atomic E-state index is 5.37. The Balaban J connectivity index is 4.59. The SMILES string of the molecule is CO[Si](C)(C)/C=C/[Si](OC)(OC)OC. The summed E-state index contributed by atoms with van der Waals surface area (Å²) in [5, 5.41) is 0. The average Bonchev–Trinajstić information content (AvgIpc) is 2.21. The largest absolute Gasteiger partial charge is 0.528 e. The van der Waals surface area contributed by atoms with E-state index >= 15 is 0 Å². The average molecular weight is 236 g/mol. The van der Waals surface area contributed by atoms with Crippen molar-refractivity contribution in [1.29, 1.82) is 0 Å². The third-order valence-corrected chi connectivity index (χ3v) is 6.71. The van der Waals surface area contributed by atoms with Crippen molar-refractivity contribution in [2.24, 2.45) is 0 Å². The molecule has 0 aliphatic heterocycles. The molecular formula is C8H20O4Si2. The van der Waals surface area contributed by atoms with Gasteiger partial charge in [-0.2, -0.15) is 0 Å². The predicted molar refractivity (Wildman–Crippen MR) is 60.4 cm³/mol. The van der Waals surface area contributed by atoms with Crippen LogP contribution in [-0.4, -0.2) is 45.6 Å². The van der Waals surface area contributed by atoms with Gasteiger partial charge in [-0.25, -0.2) is 0 Å². The molecule has 6 heteroatoms. The van der Waals surface area contributed by atoms with E-state index in [1.54, 1.807) is 28.4 Å². The second kappa shape index (κ2) is 5.79. The summed E-state index contributed by atoms with van der Waals surface area (Å²) in [5.74, 6) is 0. The topological polar surface area (TPSA) is 36.9 Å². The Morgan fingerprint density at radius 1 is 0.714 bits per heavy atom. The minimum atomic E-state index is -2.57. The first-order valence-electron chi connectivity index (χ1n) is 4.36. The van der Waals surface area contributed by atoms with Crippen LogP contribution in [-0.2, 0) is 17.7 Å². The van der Waals surface area contributed by atoms with Gasteiger partial charge >= 0.3 is 8.80 Å². The first-order valence-corrected chi connectivity index (χ1v) is 9.15. The van der Waals surface area contributed by atoms with Gasteiger partial charge in [0.15, 0.2) is 0 Å². The van der Waals surface area contributed by atoms with Gasteiger partial charge in [-0.1, -0.05) is 5.70 Å². The zero-order valence-corrected chi connectivity index (χ0v) is 11.8. The molecular weight excluding hydrogens is 216 g/mol. The predicted octanol–water partition coefficient (Wildman–Crippen LogP) is 1.35. The summed E-state index contributed by atoms with van der Waals surface area (Å²) in [5.41, 5.74) is 3.90. The molecule has 0 saturated heterocycles. The number of hydrogen-bond donors (Lipinski definition) is 0. The van der Waals surface area contributed by atoms with Crippen LogP contribution in [0.4, 0.5) is 0 Å². The second-order valence-corrected chi connectivity index (χ2v) is 10.1. The minimum absolute atomic E-state index is 1.59. The fourth-order valence-corrected chi connectivity index (χ4v) is 4.29. The maximum Gasteiger partial charge on any atom is 0.528 e. The molecule has 0 unspecified atom stereocenters. The number of rotatable bonds is 6. The summed E-state index contributed by atoms with van der Waals surface area (Å²) < 4.78 is 21.1. The first kappa shape index (κ1) is 14.0. The molecule has 0 amide bonds. The van der Waals surface area contributed by atoms with Crippen LogP contribution >= 0.6 is 0 Å². The van der Waals surface area contributed by atoms with Gasteiger partial charge in [0.2, 0.25) is 8.32 Å². The normalized spacial score (nSPS) is 13.9. The summed E-state index contributed by atoms with van der Waals surface area (Å²) in [7, 11) is 2.19. The molecule has 0 rings (SSSR count). The van der Waals surface area contributed by atoms with Crippen molar-refractivity contribution >= 4 is 17.1 Å². The summed E-state index contributed by atoms with van der Waals surface area (Å²) in [4.78, 5) is 0. The van der Waals surface area contributed by atoms with E-state index in [1.807, 2.05) is 11.4 Å². The van der Waals surface area contributed by atoms with Gasteiger partial charge < -0.3 is 17.7 Å². The molecule has 14 heavy (non-hydrogen) atoms. The Morgan fingerprint density at radius 2 is 1.14 bits per heavy atom. The van der Waals surface area contributed by atoms with Crippen molar-refractivity contribution in [3.8, 4) is 0 Å². The molecule has 4 nitrogen and oxygen atoms in total. The second-order valence-electron chi connectivity index (χ2n) is 3.36. The van der Waals surface area contributed by atoms with Crippen LogP contribution in [0, 0.1) is 0 Å². The van der Waals surface area contributed by atoms with Gasteiger partial charge in [-0.05, 0) is 18.8 Å². The lowest BCUT2D eigenvalue weighted by Crippen LogP contribution is -2.42. The quantitative estimate of drug-likeness (QED) is 0.652. The number of hydrogen-bond acceptors (Lipinski definition) is 4. The van der Waals surface area contributed by atoms with Crippen molar-refractivity contribution in [1.82, 2.24) is 0 Å². The monoisotopic (exact) mass is 236 g/mol. The summed E-state index contributed by atoms with van der Waals surface area (Å²) in [6.07, 6.45) is 0. The highest BCUT2D eigenvalue weighted by atomic mass is 28.4. The van der Waals surface area contributed by atoms with Crippen molar-refractivity contribution in [3.63, 3.8) is 0 Å². The van der Waals surface area contributed by atoms with Crippen LogP contribution in [0.1, 0.15) is 0 Å². The Hall–Kier alpha value is 0.0138. The lowest BCUT2D eigenvalue weighted by molar-refractivity contribution is 0.138. The van der Waals surface area contributed by atoms with Gasteiger partial charge in [0.05, 0.1) is 0 Å². The van der Waals surface area contributed by atoms with E-state index in [4.69, 9.17) is 17.7 Å². The van der Waals surface area contributed by atoms with Crippen molar-refractivity contribution < 1.29 is 17.7 Å². The van der Waals surface area contributed by atoms with E-state index in [0.717, 1.165) is 0 Å². The molecule has 84 valence electrons. The Labute approximate surface area is 88.3 Å². The summed E-state index contributed by atoms with van der Waals surface area (Å²) in [6, 6.07) is 0. The zero-order chi connectivity index (χ0) is 11.2. The van der Waals surface area contributed by atoms with Crippen LogP contribution in [0.3, 0.4) is 0 Å². The molecule has 0 bridgehead atoms. The molecule has 0 aromatic heterocycles. The maximum absolute atomic E-state index is 5.37. The highest BCUT2D eigenvalue weighted by Crippen LogP contribution is 2.11. The molecule has 0 spiro atoms. The highest BCUT2D eigenvalue weighted by Gasteiger charge is 2.35. The summed E-state index contributed by atoms with van der Waals surface area (Å²) in [6.45, 7) is 4.17. The molecule has 0 aliphatic rings. The lowest BCUT2D eigenvalue weighted by Gasteiger charge is -2.22. The van der Waals surface area contributed by atoms with E-state index in [-0.39, 0.29) is 0 Å². The standard InChI is InChI=1S/C8H20O4Si2/c1-9-13(5,6)7-8-14(10-2,11-3)12-4/h7-8H,1-6H3/b8-7+. The van der Waals surface area contributed by atoms with Crippen LogP contribution in [0.5, 0.6) is 0 Å². The van der Waals surface area contributed by atoms with E-state index in [0.29, 0.717) is 0 Å². The third kappa shape index (κ3) is 4.03. The van der Waals surface area contributed by atoms with Crippen LogP contribution in [0.25, 0.3) is 0 Å². The first-order chi connectivity index (χ1) is 6.45. The Bertz CT molecular complexity index is 182. The van der Waals surface area contributed by atoms with Crippen molar-refractivity contribution in [2.75, 3.05) is 28.4 Å². The van der Waals surface area contributed by atoms with Gasteiger partial charge in [-0.15, -0.1) is 0 Å². The van der Waals surface area contributed by atoms with E-state index in [2.05, 4.69) is 13.1 Å². The smallest absolute Gasteiger partial charge is 0.417 e. The molecule has 0 fully saturated rings. The Kier molecular flexibility index (Phi) is 5.79. The van der Waals surface area contributed by atoms with E-state index < -0.39 is 17.1 Å². The van der Waals surface area contributed by atoms with Gasteiger partial charge in [0.25, 0.3) is 0 Å². The Morgan fingerprint density at radius 3 is 1.43 bits per heavy atom. The molecule has 0 heterocycles. The van der Waals surface area contributed by atoms with Crippen molar-refractivity contribution in [3.05, 3.63) is 11.4 Å². The van der Waals surface area contributed by atoms with Gasteiger partial charge in [-0.3, -0.25) is 0 Å².